The third kappa shape index (κ3) is 2.58. The molecule has 0 spiro atoms. The van der Waals surface area contributed by atoms with E-state index >= 15 is 0 Å². The number of fused-ring (bicyclic) bond motifs is 2. The van der Waals surface area contributed by atoms with Gasteiger partial charge in [0.15, 0.2) is 0 Å². The number of carbonyl (C=O) groups excluding carboxylic acids is 1. The highest BCUT2D eigenvalue weighted by molar-refractivity contribution is 5.76. The summed E-state index contributed by atoms with van der Waals surface area (Å²) in [7, 11) is 0. The summed E-state index contributed by atoms with van der Waals surface area (Å²) in [4.78, 5) is 11.9. The van der Waals surface area contributed by atoms with E-state index < -0.39 is 0 Å². The fraction of sp³-hybridized carbons (Fsp3) is 0.562. The molecule has 18 heavy (non-hydrogen) atoms. The molecule has 0 aromatic heterocycles. The van der Waals surface area contributed by atoms with Crippen molar-refractivity contribution in [3.05, 3.63) is 35.9 Å². The van der Waals surface area contributed by atoms with Crippen molar-refractivity contribution in [1.82, 2.24) is 5.32 Å². The highest BCUT2D eigenvalue weighted by Crippen LogP contribution is 2.44. The van der Waals surface area contributed by atoms with Crippen LogP contribution in [0.25, 0.3) is 0 Å². The van der Waals surface area contributed by atoms with E-state index in [0.29, 0.717) is 12.5 Å². The Bertz CT molecular complexity index is 414. The number of benzene rings is 1. The quantitative estimate of drug-likeness (QED) is 0.865. The molecule has 1 aromatic rings. The van der Waals surface area contributed by atoms with Crippen LogP contribution in [0.3, 0.4) is 0 Å². The average molecular weight is 243 g/mol. The molecule has 2 aliphatic rings. The van der Waals surface area contributed by atoms with E-state index in [1.165, 1.54) is 31.2 Å². The van der Waals surface area contributed by atoms with E-state index in [9.17, 15) is 4.79 Å². The van der Waals surface area contributed by atoms with Crippen molar-refractivity contribution in [1.29, 1.82) is 0 Å². The van der Waals surface area contributed by atoms with Gasteiger partial charge in [-0.25, -0.2) is 0 Å². The first kappa shape index (κ1) is 11.8. The van der Waals surface area contributed by atoms with Gasteiger partial charge in [-0.05, 0) is 43.1 Å². The normalized spacial score (nSPS) is 29.4. The van der Waals surface area contributed by atoms with Crippen molar-refractivity contribution in [2.75, 3.05) is 0 Å². The van der Waals surface area contributed by atoms with E-state index in [4.69, 9.17) is 0 Å². The Morgan fingerprint density at radius 2 is 2.00 bits per heavy atom. The summed E-state index contributed by atoms with van der Waals surface area (Å²) in [6, 6.07) is 10.7. The summed E-state index contributed by atoms with van der Waals surface area (Å²) in [5, 5.41) is 3.24. The molecule has 0 aliphatic heterocycles. The lowest BCUT2D eigenvalue weighted by atomic mass is 9.95. The van der Waals surface area contributed by atoms with Crippen molar-refractivity contribution in [3.8, 4) is 0 Å². The lowest BCUT2D eigenvalue weighted by Crippen LogP contribution is -2.38. The van der Waals surface area contributed by atoms with Crippen LogP contribution in [-0.4, -0.2) is 11.9 Å². The molecule has 2 heteroatoms. The number of hydrogen-bond donors (Lipinski definition) is 1. The maximum Gasteiger partial charge on any atom is 0.220 e. The van der Waals surface area contributed by atoms with Crippen LogP contribution in [0.4, 0.5) is 0 Å². The lowest BCUT2D eigenvalue weighted by Gasteiger charge is -2.22. The minimum atomic E-state index is 0.233. The summed E-state index contributed by atoms with van der Waals surface area (Å²) in [5.41, 5.74) is 1.25. The van der Waals surface area contributed by atoms with Gasteiger partial charge in [-0.1, -0.05) is 36.8 Å². The summed E-state index contributed by atoms with van der Waals surface area (Å²) in [6.45, 7) is 0. The Labute approximate surface area is 109 Å². The van der Waals surface area contributed by atoms with Gasteiger partial charge in [-0.15, -0.1) is 0 Å². The van der Waals surface area contributed by atoms with Crippen molar-refractivity contribution >= 4 is 5.91 Å². The predicted molar refractivity (Wildman–Crippen MR) is 72.1 cm³/mol. The first-order chi connectivity index (χ1) is 8.81. The van der Waals surface area contributed by atoms with Gasteiger partial charge < -0.3 is 5.32 Å². The van der Waals surface area contributed by atoms with E-state index in [1.54, 1.807) is 0 Å². The molecule has 96 valence electrons. The number of rotatable bonds is 4. The Morgan fingerprint density at radius 1 is 1.17 bits per heavy atom. The van der Waals surface area contributed by atoms with Crippen molar-refractivity contribution in [2.24, 2.45) is 11.8 Å². The van der Waals surface area contributed by atoms with Crippen LogP contribution in [0.2, 0.25) is 0 Å². The molecule has 0 heterocycles. The van der Waals surface area contributed by atoms with E-state index in [2.05, 4.69) is 17.4 Å². The monoisotopic (exact) mass is 243 g/mol. The molecule has 0 saturated heterocycles. The van der Waals surface area contributed by atoms with Crippen molar-refractivity contribution in [2.45, 2.75) is 44.6 Å². The molecular weight excluding hydrogens is 222 g/mol. The molecular formula is C16H21NO. The molecule has 0 unspecified atom stereocenters. The minimum absolute atomic E-state index is 0.233. The van der Waals surface area contributed by atoms with Gasteiger partial charge in [0.25, 0.3) is 0 Å². The van der Waals surface area contributed by atoms with Crippen LogP contribution in [0.1, 0.15) is 37.7 Å². The second-order valence-electron chi connectivity index (χ2n) is 5.83. The zero-order chi connectivity index (χ0) is 12.4. The molecule has 2 bridgehead atoms. The summed E-state index contributed by atoms with van der Waals surface area (Å²) in [5.74, 6) is 1.90. The second kappa shape index (κ2) is 5.13. The highest BCUT2D eigenvalue weighted by Gasteiger charge is 2.39. The first-order valence-corrected chi connectivity index (χ1v) is 7.14. The Morgan fingerprint density at radius 3 is 2.67 bits per heavy atom. The predicted octanol–water partition coefficient (Wildman–Crippen LogP) is 2.92. The summed E-state index contributed by atoms with van der Waals surface area (Å²) >= 11 is 0. The van der Waals surface area contributed by atoms with Crippen LogP contribution in [-0.2, 0) is 11.2 Å². The van der Waals surface area contributed by atoms with Crippen molar-refractivity contribution < 1.29 is 4.79 Å². The Hall–Kier alpha value is -1.31. The number of aryl methyl sites for hydroxylation is 1. The van der Waals surface area contributed by atoms with Gasteiger partial charge in [0.2, 0.25) is 5.91 Å². The Balaban J connectivity index is 1.45. The summed E-state index contributed by atoms with van der Waals surface area (Å²) < 4.78 is 0. The van der Waals surface area contributed by atoms with Gasteiger partial charge in [-0.2, -0.15) is 0 Å². The number of hydrogen-bond acceptors (Lipinski definition) is 1. The minimum Gasteiger partial charge on any atom is -0.353 e. The molecule has 2 saturated carbocycles. The Kier molecular flexibility index (Phi) is 3.35. The molecule has 2 fully saturated rings. The number of carbonyl (C=O) groups is 1. The van der Waals surface area contributed by atoms with Crippen LogP contribution < -0.4 is 5.32 Å². The molecule has 1 N–H and O–H groups in total. The fourth-order valence-corrected chi connectivity index (χ4v) is 3.60. The van der Waals surface area contributed by atoms with E-state index in [1.807, 2.05) is 18.2 Å². The van der Waals surface area contributed by atoms with Gasteiger partial charge in [-0.3, -0.25) is 4.79 Å². The lowest BCUT2D eigenvalue weighted by molar-refractivity contribution is -0.122. The van der Waals surface area contributed by atoms with Gasteiger partial charge in [0.05, 0.1) is 0 Å². The molecule has 2 aliphatic carbocycles. The van der Waals surface area contributed by atoms with E-state index in [-0.39, 0.29) is 5.91 Å². The maximum absolute atomic E-state index is 11.9. The second-order valence-corrected chi connectivity index (χ2v) is 5.83. The fourth-order valence-electron chi connectivity index (χ4n) is 3.60. The van der Waals surface area contributed by atoms with Crippen LogP contribution in [0.15, 0.2) is 30.3 Å². The SMILES string of the molecule is O=C(CCc1ccccc1)N[C@H]1C[C@H]2CC[C@@H]1C2. The first-order valence-electron chi connectivity index (χ1n) is 7.14. The standard InChI is InChI=1S/C16H21NO/c18-16(9-7-12-4-2-1-3-5-12)17-15-11-13-6-8-14(15)10-13/h1-5,13-15H,6-11H2,(H,17,18)/t13-,14+,15-/m0/s1. The number of amides is 1. The van der Waals surface area contributed by atoms with E-state index in [0.717, 1.165) is 18.3 Å². The van der Waals surface area contributed by atoms with Crippen molar-refractivity contribution in [3.63, 3.8) is 0 Å². The molecule has 1 aromatic carbocycles. The molecule has 2 nitrogen and oxygen atoms in total. The molecule has 1 amide bonds. The zero-order valence-corrected chi connectivity index (χ0v) is 10.8. The highest BCUT2D eigenvalue weighted by atomic mass is 16.1. The van der Waals surface area contributed by atoms with Crippen LogP contribution in [0, 0.1) is 11.8 Å². The maximum atomic E-state index is 11.9. The van der Waals surface area contributed by atoms with Gasteiger partial charge >= 0.3 is 0 Å². The third-order valence-corrected chi connectivity index (χ3v) is 4.57. The average Bonchev–Trinajstić information content (AvgIpc) is 3.00. The smallest absolute Gasteiger partial charge is 0.220 e. The molecule has 3 atom stereocenters. The molecule has 0 radical (unpaired) electrons. The zero-order valence-electron chi connectivity index (χ0n) is 10.8. The third-order valence-electron chi connectivity index (χ3n) is 4.57. The van der Waals surface area contributed by atoms with Crippen LogP contribution in [0.5, 0.6) is 0 Å². The van der Waals surface area contributed by atoms with Crippen LogP contribution >= 0.6 is 0 Å². The largest absolute Gasteiger partial charge is 0.353 e. The number of nitrogens with one attached hydrogen (secondary N) is 1. The topological polar surface area (TPSA) is 29.1 Å². The van der Waals surface area contributed by atoms with Gasteiger partial charge in [0.1, 0.15) is 0 Å². The molecule has 3 rings (SSSR count). The summed E-state index contributed by atoms with van der Waals surface area (Å²) in [6.07, 6.45) is 6.77. The van der Waals surface area contributed by atoms with Gasteiger partial charge in [0, 0.05) is 12.5 Å².